The Hall–Kier alpha value is -7.56. The number of carbonyl (C=O) groups excluding carboxylic acids is 4. The number of anilines is 1. The number of rotatable bonds is 34. The predicted molar refractivity (Wildman–Crippen MR) is 309 cm³/mol. The Labute approximate surface area is 504 Å². The van der Waals surface area contributed by atoms with E-state index in [9.17, 15) is 57.0 Å². The van der Waals surface area contributed by atoms with Crippen LogP contribution in [0.2, 0.25) is 0 Å². The Bertz CT molecular complexity index is 3740. The number of ether oxygens (including phenoxy) is 5. The molecule has 1 saturated heterocycles. The number of azide groups is 2. The fourth-order valence-corrected chi connectivity index (χ4v) is 12.7. The van der Waals surface area contributed by atoms with Crippen LogP contribution in [0, 0.1) is 11.8 Å². The van der Waals surface area contributed by atoms with Crippen molar-refractivity contribution in [2.24, 2.45) is 10.2 Å². The molecule has 480 valence electrons. The van der Waals surface area contributed by atoms with Crippen molar-refractivity contribution in [3.8, 4) is 17.6 Å². The van der Waals surface area contributed by atoms with E-state index < -0.39 is 96.8 Å². The summed E-state index contributed by atoms with van der Waals surface area (Å²) in [6.07, 6.45) is 2.49. The van der Waals surface area contributed by atoms with E-state index in [0.29, 0.717) is 31.3 Å². The van der Waals surface area contributed by atoms with E-state index in [1.807, 2.05) is 4.98 Å². The van der Waals surface area contributed by atoms with Crippen molar-refractivity contribution >= 4 is 63.6 Å². The van der Waals surface area contributed by atoms with Gasteiger partial charge in [0.1, 0.15) is 54.7 Å². The molecule has 38 heteroatoms. The molecule has 0 spiro atoms. The number of H-pyrrole nitrogens is 1. The summed E-state index contributed by atoms with van der Waals surface area (Å²) in [6.45, 7) is -0.684. The van der Waals surface area contributed by atoms with Gasteiger partial charge in [-0.3, -0.25) is 38.0 Å². The molecule has 3 amide bonds. The van der Waals surface area contributed by atoms with Crippen LogP contribution in [-0.2, 0) is 68.2 Å². The second-order valence-electron chi connectivity index (χ2n) is 19.9. The minimum Gasteiger partial charge on any atom is -0.491 e. The standard InChI is InChI=1S/C51H63N12O23P3/c52-60-57-31-81-40-26-45(83-41(40)28-82-88(74,75)86-89(76,77)85-87(71,72)73)63-27-34(49(68)58-51(63)70)10-6-16-54-43(66)29-78-21-22-79-44(59-61-53)30-80-36-12-5-9-33(24-36)48(67)56-18-17-55-42(65)15-4-2-1-3-14-39(64)38-25-35-23-32-11-7-19-62-20-8-13-37(46(32)62)47(35)84-50(38)69/h5,9,12,23-25,27,40-41,44-45H,1-4,7-8,11,13-22,26,28-31H2,(H,54,66)(H,55,65)(H,56,67)(H,74,75)(H,76,77)(H,58,68,70)(H2,71,72,73)/t40?,41-,44?,45-/m1/s1. The number of fused-ring (bicyclic) bond motifs is 2. The van der Waals surface area contributed by atoms with Gasteiger partial charge in [-0.25, -0.2) is 23.3 Å². The van der Waals surface area contributed by atoms with Crippen molar-refractivity contribution in [2.75, 3.05) is 77.4 Å². The number of hydrogen-bond acceptors (Lipinski definition) is 22. The minimum absolute atomic E-state index is 0.0696. The molecular weight excluding hydrogens is 1240 g/mol. The van der Waals surface area contributed by atoms with Crippen LogP contribution in [0.1, 0.15) is 101 Å². The first-order chi connectivity index (χ1) is 42.5. The van der Waals surface area contributed by atoms with Gasteiger partial charge >= 0.3 is 34.8 Å². The number of ketones is 1. The predicted octanol–water partition coefficient (Wildman–Crippen LogP) is 3.91. The average Bonchev–Trinajstić information content (AvgIpc) is 1.23. The molecule has 0 radical (unpaired) electrons. The third kappa shape index (κ3) is 21.3. The normalized spacial score (nSPS) is 17.7. The monoisotopic (exact) mass is 1300 g/mol. The molecule has 5 heterocycles. The fraction of sp³-hybridized carbons (Fsp3) is 0.510. The molecule has 0 bridgehead atoms. The van der Waals surface area contributed by atoms with Gasteiger partial charge in [-0.1, -0.05) is 41.0 Å². The number of phosphoric ester groups is 1. The van der Waals surface area contributed by atoms with Crippen LogP contribution in [0.15, 0.2) is 71.6 Å². The highest BCUT2D eigenvalue weighted by atomic mass is 31.3. The topological polar surface area (TPSA) is 496 Å². The van der Waals surface area contributed by atoms with Gasteiger partial charge in [0.25, 0.3) is 11.5 Å². The smallest absolute Gasteiger partial charge is 0.490 e. The van der Waals surface area contributed by atoms with Crippen molar-refractivity contribution in [1.82, 2.24) is 25.5 Å². The zero-order valence-corrected chi connectivity index (χ0v) is 50.1. The summed E-state index contributed by atoms with van der Waals surface area (Å²) in [5.74, 6) is 3.71. The van der Waals surface area contributed by atoms with Gasteiger partial charge < -0.3 is 68.5 Å². The first kappa shape index (κ1) is 68.9. The second-order valence-corrected chi connectivity index (χ2v) is 24.3. The Morgan fingerprint density at radius 3 is 2.42 bits per heavy atom. The van der Waals surface area contributed by atoms with Crippen molar-refractivity contribution in [3.05, 3.63) is 123 Å². The molecule has 89 heavy (non-hydrogen) atoms. The first-order valence-electron chi connectivity index (χ1n) is 27.6. The van der Waals surface area contributed by atoms with Crippen molar-refractivity contribution in [3.63, 3.8) is 0 Å². The van der Waals surface area contributed by atoms with E-state index in [1.165, 1.54) is 17.3 Å². The molecule has 6 atom stereocenters. The summed E-state index contributed by atoms with van der Waals surface area (Å²) in [6, 6.07) is 9.89. The Morgan fingerprint density at radius 1 is 0.888 bits per heavy atom. The third-order valence-electron chi connectivity index (χ3n) is 13.5. The molecule has 2 aromatic carbocycles. The average molecular weight is 1310 g/mol. The zero-order chi connectivity index (χ0) is 64.1. The molecule has 1 fully saturated rings. The molecule has 4 aromatic rings. The lowest BCUT2D eigenvalue weighted by atomic mass is 9.89. The number of phosphoric acid groups is 3. The Balaban J connectivity index is 0.749. The maximum Gasteiger partial charge on any atom is 0.490 e. The summed E-state index contributed by atoms with van der Waals surface area (Å²) in [5.41, 5.74) is 19.2. The Morgan fingerprint density at radius 2 is 1.65 bits per heavy atom. The van der Waals surface area contributed by atoms with Gasteiger partial charge in [0.2, 0.25) is 11.8 Å². The molecule has 8 N–H and O–H groups in total. The Kier molecular flexibility index (Phi) is 25.4. The van der Waals surface area contributed by atoms with E-state index in [2.05, 4.69) is 72.0 Å². The zero-order valence-electron chi connectivity index (χ0n) is 47.4. The number of carbonyl (C=O) groups is 4. The third-order valence-corrected chi connectivity index (χ3v) is 17.3. The number of unbranched alkanes of at least 4 members (excludes halogenated alkanes) is 3. The van der Waals surface area contributed by atoms with Gasteiger partial charge in [0.15, 0.2) is 12.0 Å². The van der Waals surface area contributed by atoms with Crippen LogP contribution in [-0.4, -0.2) is 144 Å². The van der Waals surface area contributed by atoms with Crippen LogP contribution in [0.3, 0.4) is 0 Å². The number of aromatic amines is 1. The highest BCUT2D eigenvalue weighted by Gasteiger charge is 2.44. The summed E-state index contributed by atoms with van der Waals surface area (Å²) in [7, 11) is -17.2. The quantitative estimate of drug-likeness (QED) is 0.00480. The van der Waals surface area contributed by atoms with Crippen LogP contribution >= 0.6 is 23.5 Å². The SMILES string of the molecule is [N-]=[N+]=NCOC1C[C@H](n2cc(C#CCNC(=O)COCCOC(COc3cccc(C(=O)NCCNC(=O)CCCCCCC(=O)c4cc5cc6c7c(c5oc4=O)CCCN7CCC6)c3)N=[N+]=[N-])c(=O)[nH]c2=O)O[C@@H]1COP(=O)(O)OP(=O)(O)OP(=O)(O)O. The summed E-state index contributed by atoms with van der Waals surface area (Å²) >= 11 is 0. The molecule has 7 rings (SSSR count). The summed E-state index contributed by atoms with van der Waals surface area (Å²) in [4.78, 5) is 136. The van der Waals surface area contributed by atoms with E-state index in [4.69, 9.17) is 49.0 Å². The summed E-state index contributed by atoms with van der Waals surface area (Å²) < 4.78 is 81.2. The molecule has 3 aliphatic rings. The first-order valence-corrected chi connectivity index (χ1v) is 32.1. The van der Waals surface area contributed by atoms with Gasteiger partial charge in [0.05, 0.1) is 32.5 Å². The number of Topliss-reactive ketones (excluding diaryl/α,β-unsaturated/α-hetero) is 1. The van der Waals surface area contributed by atoms with Gasteiger partial charge in [-0.2, -0.15) is 8.62 Å². The lowest BCUT2D eigenvalue weighted by Gasteiger charge is -2.37. The number of hydrogen-bond donors (Lipinski definition) is 8. The molecule has 3 aliphatic heterocycles. The lowest BCUT2D eigenvalue weighted by molar-refractivity contribution is -0.126. The molecule has 35 nitrogen and oxygen atoms in total. The highest BCUT2D eigenvalue weighted by Crippen LogP contribution is 2.66. The van der Waals surface area contributed by atoms with E-state index in [1.54, 1.807) is 24.3 Å². The summed E-state index contributed by atoms with van der Waals surface area (Å²) in [5, 5.41) is 15.5. The molecule has 4 unspecified atom stereocenters. The van der Waals surface area contributed by atoms with Gasteiger partial charge in [-0.05, 0) is 85.5 Å². The number of amides is 3. The molecule has 0 saturated carbocycles. The van der Waals surface area contributed by atoms with Crippen molar-refractivity contribution < 1.29 is 93.7 Å². The highest BCUT2D eigenvalue weighted by molar-refractivity contribution is 7.66. The van der Waals surface area contributed by atoms with Crippen molar-refractivity contribution in [1.29, 1.82) is 0 Å². The van der Waals surface area contributed by atoms with Crippen LogP contribution in [0.5, 0.6) is 5.75 Å². The minimum atomic E-state index is -5.86. The van der Waals surface area contributed by atoms with Crippen LogP contribution < -0.4 is 42.5 Å². The number of aryl methyl sites for hydroxylation is 2. The van der Waals surface area contributed by atoms with Gasteiger partial charge in [0, 0.05) is 83.7 Å². The molecule has 2 aromatic heterocycles. The number of nitrogens with zero attached hydrogens (tertiary/aromatic N) is 8. The van der Waals surface area contributed by atoms with E-state index >= 15 is 0 Å². The van der Waals surface area contributed by atoms with Crippen LogP contribution in [0.4, 0.5) is 5.69 Å². The second kappa shape index (κ2) is 32.8. The van der Waals surface area contributed by atoms with Crippen LogP contribution in [0.25, 0.3) is 31.9 Å². The van der Waals surface area contributed by atoms with Gasteiger partial charge in [-0.15, -0.1) is 0 Å². The fourth-order valence-electron chi connectivity index (χ4n) is 9.69. The number of nitrogens with one attached hydrogen (secondary N) is 4. The maximum atomic E-state index is 13.1. The van der Waals surface area contributed by atoms with Crippen molar-refractivity contribution in [2.45, 2.75) is 95.3 Å². The van der Waals surface area contributed by atoms with E-state index in [0.717, 1.165) is 60.5 Å². The van der Waals surface area contributed by atoms with E-state index in [-0.39, 0.29) is 92.8 Å². The maximum absolute atomic E-state index is 13.1. The largest absolute Gasteiger partial charge is 0.491 e. The number of benzene rings is 2. The lowest BCUT2D eigenvalue weighted by Crippen LogP contribution is -2.34. The molecule has 0 aliphatic carbocycles. The molecular formula is C51H63N12O23P3. The number of aromatic nitrogens is 2.